The number of nitrogens with one attached hydrogen (secondary N) is 2. The van der Waals surface area contributed by atoms with Gasteiger partial charge in [-0.05, 0) is 58.9 Å². The number of nitrogens with zero attached hydrogens (tertiary/aromatic N) is 7. The van der Waals surface area contributed by atoms with Crippen LogP contribution in [0.15, 0.2) is 42.6 Å². The van der Waals surface area contributed by atoms with Crippen molar-refractivity contribution in [2.75, 3.05) is 24.2 Å². The van der Waals surface area contributed by atoms with Crippen molar-refractivity contribution in [2.45, 2.75) is 59.9 Å². The number of imidazole rings is 2. The van der Waals surface area contributed by atoms with Gasteiger partial charge in [-0.25, -0.2) is 19.7 Å². The molecule has 4 amide bonds. The number of nitrogens with two attached hydrogens (primary N) is 3. The lowest BCUT2D eigenvalue weighted by Crippen LogP contribution is -2.34. The minimum absolute atomic E-state index is 0.0444. The molecule has 18 heteroatoms. The predicted molar refractivity (Wildman–Crippen MR) is 188 cm³/mol. The fraction of sp³-hybridized carbons (Fsp3) is 0.333. The summed E-state index contributed by atoms with van der Waals surface area (Å²) in [5, 5.41) is 9.81. The number of carbonyl (C=O) groups is 4. The van der Waals surface area contributed by atoms with Gasteiger partial charge in [-0.3, -0.25) is 28.9 Å². The summed E-state index contributed by atoms with van der Waals surface area (Å²) in [6.45, 7) is 10.0. The number of hydrogen-bond donors (Lipinski definition) is 5. The van der Waals surface area contributed by atoms with Gasteiger partial charge in [-0.2, -0.15) is 5.10 Å². The van der Waals surface area contributed by atoms with Crippen LogP contribution in [-0.2, 0) is 24.4 Å². The van der Waals surface area contributed by atoms with Crippen molar-refractivity contribution in [2.24, 2.45) is 11.5 Å². The van der Waals surface area contributed by atoms with Crippen LogP contribution in [0, 0.1) is 6.92 Å². The molecule has 18 nitrogen and oxygen atoms in total. The Labute approximate surface area is 292 Å². The average Bonchev–Trinajstić information content (AvgIpc) is 3.71. The lowest BCUT2D eigenvalue weighted by atomic mass is 10.1. The summed E-state index contributed by atoms with van der Waals surface area (Å²) in [5.41, 5.74) is 19.7. The third-order valence-corrected chi connectivity index (χ3v) is 7.42. The highest BCUT2D eigenvalue weighted by Crippen LogP contribution is 2.30. The van der Waals surface area contributed by atoms with Crippen molar-refractivity contribution >= 4 is 57.9 Å². The Morgan fingerprint density at radius 1 is 0.941 bits per heavy atom. The number of benzene rings is 1. The second kappa shape index (κ2) is 14.6. The van der Waals surface area contributed by atoms with E-state index in [4.69, 9.17) is 26.7 Å². The van der Waals surface area contributed by atoms with Crippen molar-refractivity contribution in [3.63, 3.8) is 0 Å². The highest BCUT2D eigenvalue weighted by molar-refractivity contribution is 6.03. The Kier molecular flexibility index (Phi) is 10.2. The van der Waals surface area contributed by atoms with Crippen molar-refractivity contribution in [1.29, 1.82) is 0 Å². The highest BCUT2D eigenvalue weighted by atomic mass is 16.6. The van der Waals surface area contributed by atoms with Gasteiger partial charge in [0.25, 0.3) is 5.91 Å². The van der Waals surface area contributed by atoms with E-state index in [0.29, 0.717) is 40.1 Å². The monoisotopic (exact) mass is 700 g/mol. The van der Waals surface area contributed by atoms with Gasteiger partial charge in [0.2, 0.25) is 23.7 Å². The largest absolute Gasteiger partial charge is 0.489 e. The minimum Gasteiger partial charge on any atom is -0.489 e. The number of primary amides is 2. The van der Waals surface area contributed by atoms with Crippen LogP contribution in [0.3, 0.4) is 0 Å². The zero-order valence-corrected chi connectivity index (χ0v) is 28.9. The molecule has 0 aliphatic rings. The van der Waals surface area contributed by atoms with Crippen LogP contribution in [0.2, 0.25) is 0 Å². The summed E-state index contributed by atoms with van der Waals surface area (Å²) < 4.78 is 16.2. The first-order valence-corrected chi connectivity index (χ1v) is 16.0. The zero-order valence-electron chi connectivity index (χ0n) is 28.9. The quantitative estimate of drug-likeness (QED) is 0.0881. The molecule has 4 heterocycles. The smallest absolute Gasteiger partial charge is 0.407 e. The molecule has 0 aliphatic heterocycles. The number of aryl methyl sites for hydroxylation is 2. The van der Waals surface area contributed by atoms with E-state index in [1.807, 2.05) is 19.1 Å². The van der Waals surface area contributed by atoms with Gasteiger partial charge >= 0.3 is 6.09 Å². The highest BCUT2D eigenvalue weighted by Gasteiger charge is 2.21. The van der Waals surface area contributed by atoms with E-state index >= 15 is 0 Å². The van der Waals surface area contributed by atoms with Crippen LogP contribution >= 0.6 is 0 Å². The molecule has 0 saturated carbocycles. The lowest BCUT2D eigenvalue weighted by molar-refractivity contribution is 0.0520. The van der Waals surface area contributed by atoms with Gasteiger partial charge in [0.15, 0.2) is 5.65 Å². The summed E-state index contributed by atoms with van der Waals surface area (Å²) in [6, 6.07) is 6.19. The molecule has 5 rings (SSSR count). The molecule has 0 atom stereocenters. The lowest BCUT2D eigenvalue weighted by Gasteiger charge is -2.19. The fourth-order valence-corrected chi connectivity index (χ4v) is 5.22. The molecular formula is C33H40N12O6. The van der Waals surface area contributed by atoms with Gasteiger partial charge in [0.1, 0.15) is 34.7 Å². The first-order valence-electron chi connectivity index (χ1n) is 16.0. The molecule has 0 aliphatic carbocycles. The number of allylic oxidation sites excluding steroid dienone is 2. The third-order valence-electron chi connectivity index (χ3n) is 7.42. The topological polar surface area (TPSA) is 255 Å². The third kappa shape index (κ3) is 8.23. The number of nitrogen functional groups attached to an aromatic ring is 1. The van der Waals surface area contributed by atoms with Crippen molar-refractivity contribution in [1.82, 2.24) is 39.2 Å². The molecule has 4 aromatic heterocycles. The molecule has 0 bridgehead atoms. The van der Waals surface area contributed by atoms with E-state index in [-0.39, 0.29) is 55.0 Å². The SMILES string of the molecule is CCn1nc(C)cc1C(=O)Nc1nc2cc(C(N)=O)cnc2n1C/C=C/Cn1c(N)nc2cc(C(N)=O)cc(OCCNC(=O)OC(C)(C)C)c21. The number of fused-ring (bicyclic) bond motifs is 2. The minimum atomic E-state index is -0.678. The molecule has 0 unspecified atom stereocenters. The molecule has 0 spiro atoms. The first-order chi connectivity index (χ1) is 24.1. The summed E-state index contributed by atoms with van der Waals surface area (Å²) in [6.07, 6.45) is 4.38. The molecule has 268 valence electrons. The van der Waals surface area contributed by atoms with Gasteiger partial charge in [-0.15, -0.1) is 0 Å². The Bertz CT molecular complexity index is 2170. The Morgan fingerprint density at radius 3 is 2.29 bits per heavy atom. The van der Waals surface area contributed by atoms with Crippen LogP contribution in [0.1, 0.15) is 64.6 Å². The number of aromatic nitrogens is 7. The summed E-state index contributed by atoms with van der Waals surface area (Å²) in [5.74, 6) is -1.14. The first kappa shape index (κ1) is 35.8. The van der Waals surface area contributed by atoms with Gasteiger partial charge in [0, 0.05) is 31.4 Å². The van der Waals surface area contributed by atoms with Gasteiger partial charge in [-0.1, -0.05) is 12.2 Å². The van der Waals surface area contributed by atoms with Crippen LogP contribution in [-0.4, -0.2) is 76.4 Å². The predicted octanol–water partition coefficient (Wildman–Crippen LogP) is 2.50. The maximum atomic E-state index is 13.3. The number of hydrogen-bond acceptors (Lipinski definition) is 11. The van der Waals surface area contributed by atoms with Gasteiger partial charge in [0.05, 0.1) is 23.3 Å². The number of pyridine rings is 1. The molecule has 5 aromatic rings. The number of anilines is 2. The normalized spacial score (nSPS) is 11.7. The molecule has 0 radical (unpaired) electrons. The molecule has 1 aromatic carbocycles. The molecule has 8 N–H and O–H groups in total. The zero-order chi connectivity index (χ0) is 37.0. The van der Waals surface area contributed by atoms with E-state index in [1.165, 1.54) is 24.4 Å². The van der Waals surface area contributed by atoms with Crippen LogP contribution < -0.4 is 32.6 Å². The van der Waals surface area contributed by atoms with Crippen molar-refractivity contribution < 1.29 is 28.7 Å². The maximum Gasteiger partial charge on any atom is 0.407 e. The standard InChI is InChI=1S/C33H40N12O6/c1-6-45-23(13-18(2)42-45)29(48)41-31-40-22-15-20(27(35)47)17-38-28(22)44(31)11-8-7-10-43-25-21(39-30(43)36)14-19(26(34)46)16-24(25)50-12-9-37-32(49)51-33(3,4)5/h7-8,13-17H,6,9-12H2,1-5H3,(H2,34,46)(H2,35,47)(H2,36,39)(H,37,49)(H,40,41,48)/b8-7+. The van der Waals surface area contributed by atoms with Gasteiger partial charge < -0.3 is 36.6 Å². The molecular weight excluding hydrogens is 660 g/mol. The van der Waals surface area contributed by atoms with E-state index in [9.17, 15) is 19.2 Å². The van der Waals surface area contributed by atoms with Crippen LogP contribution in [0.4, 0.5) is 16.7 Å². The Morgan fingerprint density at radius 2 is 1.63 bits per heavy atom. The van der Waals surface area contributed by atoms with Crippen molar-refractivity contribution in [3.05, 3.63) is 65.1 Å². The number of carbonyl (C=O) groups excluding carboxylic acids is 4. The van der Waals surface area contributed by atoms with E-state index in [2.05, 4.69) is 30.7 Å². The summed E-state index contributed by atoms with van der Waals surface area (Å²) >= 11 is 0. The number of amides is 4. The van der Waals surface area contributed by atoms with E-state index in [0.717, 1.165) is 0 Å². The summed E-state index contributed by atoms with van der Waals surface area (Å²) in [4.78, 5) is 62.6. The molecule has 51 heavy (non-hydrogen) atoms. The second-order valence-electron chi connectivity index (χ2n) is 12.5. The number of ether oxygens (including phenoxy) is 2. The summed E-state index contributed by atoms with van der Waals surface area (Å²) in [7, 11) is 0. The fourth-order valence-electron chi connectivity index (χ4n) is 5.22. The number of alkyl carbamates (subject to hydrolysis) is 1. The number of rotatable bonds is 13. The van der Waals surface area contributed by atoms with Crippen molar-refractivity contribution in [3.8, 4) is 5.75 Å². The Hall–Kier alpha value is -6.46. The average molecular weight is 701 g/mol. The van der Waals surface area contributed by atoms with E-state index in [1.54, 1.807) is 47.6 Å². The molecule has 0 fully saturated rings. The molecule has 0 saturated heterocycles. The van der Waals surface area contributed by atoms with Crippen LogP contribution in [0.25, 0.3) is 22.2 Å². The van der Waals surface area contributed by atoms with E-state index < -0.39 is 29.4 Å². The maximum absolute atomic E-state index is 13.3. The Balaban J connectivity index is 1.39. The van der Waals surface area contributed by atoms with Crippen LogP contribution in [0.5, 0.6) is 5.75 Å². The second-order valence-corrected chi connectivity index (χ2v) is 12.5.